The zero-order valence-corrected chi connectivity index (χ0v) is 12.9. The molecule has 0 saturated carbocycles. The van der Waals surface area contributed by atoms with Crippen LogP contribution in [0.2, 0.25) is 5.02 Å². The molecule has 0 fully saturated rings. The Kier molecular flexibility index (Phi) is 4.90. The summed E-state index contributed by atoms with van der Waals surface area (Å²) < 4.78 is 5.90. The number of rotatable bonds is 6. The molecular weight excluding hydrogens is 282 g/mol. The van der Waals surface area contributed by atoms with E-state index in [0.29, 0.717) is 0 Å². The van der Waals surface area contributed by atoms with Crippen molar-refractivity contribution < 1.29 is 0 Å². The molecular formula is C12H18ClN5S. The summed E-state index contributed by atoms with van der Waals surface area (Å²) in [4.78, 5) is 1.11. The maximum atomic E-state index is 6.43. The molecule has 0 saturated heterocycles. The van der Waals surface area contributed by atoms with E-state index < -0.39 is 0 Å². The van der Waals surface area contributed by atoms with Gasteiger partial charge in [-0.3, -0.25) is 4.68 Å². The van der Waals surface area contributed by atoms with Crippen LogP contribution in [0.1, 0.15) is 36.2 Å². The molecule has 0 radical (unpaired) electrons. The summed E-state index contributed by atoms with van der Waals surface area (Å²) >= 11 is 7.84. The first-order valence-electron chi connectivity index (χ1n) is 6.39. The number of aryl methyl sites for hydroxylation is 2. The number of halogens is 1. The van der Waals surface area contributed by atoms with Gasteiger partial charge in [0.2, 0.25) is 0 Å². The van der Waals surface area contributed by atoms with E-state index in [1.54, 1.807) is 6.20 Å². The van der Waals surface area contributed by atoms with Crippen LogP contribution in [0.15, 0.2) is 6.20 Å². The number of hydrogen-bond donors (Lipinski definition) is 1. The number of likely N-dealkylation sites (N-methyl/N-ethyl adjacent to an activating group) is 1. The Hall–Kier alpha value is -0.980. The number of hydrogen-bond acceptors (Lipinski definition) is 5. The minimum Gasteiger partial charge on any atom is -0.312 e. The fourth-order valence-corrected chi connectivity index (χ4v) is 3.04. The summed E-state index contributed by atoms with van der Waals surface area (Å²) in [6.45, 7) is 4.97. The quantitative estimate of drug-likeness (QED) is 0.890. The second kappa shape index (κ2) is 6.45. The Labute approximate surface area is 122 Å². The SMILES string of the molecule is CCc1nn(CC)c(CC(NC)c2cnns2)c1Cl. The Balaban J connectivity index is 2.29. The van der Waals surface area contributed by atoms with Crippen molar-refractivity contribution in [2.75, 3.05) is 7.05 Å². The standard InChI is InChI=1S/C12H18ClN5S/c1-4-8-12(13)10(18(5-2)16-8)6-9(14-3)11-7-15-17-19-11/h7,9,14H,4-6H2,1-3H3. The summed E-state index contributed by atoms with van der Waals surface area (Å²) in [5.41, 5.74) is 2.05. The van der Waals surface area contributed by atoms with Crippen molar-refractivity contribution in [3.8, 4) is 0 Å². The maximum absolute atomic E-state index is 6.43. The fraction of sp³-hybridized carbons (Fsp3) is 0.583. The van der Waals surface area contributed by atoms with Crippen LogP contribution in [0.4, 0.5) is 0 Å². The minimum atomic E-state index is 0.171. The van der Waals surface area contributed by atoms with Gasteiger partial charge in [-0.05, 0) is 31.9 Å². The predicted molar refractivity (Wildman–Crippen MR) is 77.7 cm³/mol. The molecule has 0 aliphatic carbocycles. The molecule has 1 unspecified atom stereocenters. The van der Waals surface area contributed by atoms with Crippen molar-refractivity contribution in [2.45, 2.75) is 39.3 Å². The Morgan fingerprint density at radius 2 is 2.26 bits per heavy atom. The Bertz CT molecular complexity index is 522. The molecule has 2 aromatic heterocycles. The highest BCUT2D eigenvalue weighted by Crippen LogP contribution is 2.27. The molecule has 0 aliphatic rings. The molecule has 1 atom stereocenters. The average molecular weight is 300 g/mol. The first kappa shape index (κ1) is 14.4. The molecule has 0 amide bonds. The Morgan fingerprint density at radius 3 is 2.79 bits per heavy atom. The van der Waals surface area contributed by atoms with Crippen LogP contribution in [0, 0.1) is 0 Å². The summed E-state index contributed by atoms with van der Waals surface area (Å²) in [7, 11) is 1.94. The molecule has 2 aromatic rings. The van der Waals surface area contributed by atoms with Gasteiger partial charge in [0, 0.05) is 13.0 Å². The van der Waals surface area contributed by atoms with Crippen LogP contribution in [-0.4, -0.2) is 26.4 Å². The topological polar surface area (TPSA) is 55.6 Å². The smallest absolute Gasteiger partial charge is 0.0850 e. The summed E-state index contributed by atoms with van der Waals surface area (Å²) in [6, 6.07) is 0.171. The molecule has 2 heterocycles. The van der Waals surface area contributed by atoms with Crippen LogP contribution in [0.25, 0.3) is 0 Å². The van der Waals surface area contributed by atoms with Gasteiger partial charge in [-0.25, -0.2) is 0 Å². The molecule has 5 nitrogen and oxygen atoms in total. The third-order valence-electron chi connectivity index (χ3n) is 3.16. The van der Waals surface area contributed by atoms with E-state index in [2.05, 4.69) is 33.8 Å². The highest BCUT2D eigenvalue weighted by atomic mass is 35.5. The normalized spacial score (nSPS) is 12.8. The molecule has 0 aromatic carbocycles. The van der Waals surface area contributed by atoms with Crippen molar-refractivity contribution in [1.82, 2.24) is 24.7 Å². The molecule has 2 rings (SSSR count). The van der Waals surface area contributed by atoms with Gasteiger partial charge in [-0.2, -0.15) is 5.10 Å². The van der Waals surface area contributed by atoms with Gasteiger partial charge in [0.15, 0.2) is 0 Å². The van der Waals surface area contributed by atoms with Gasteiger partial charge >= 0.3 is 0 Å². The van der Waals surface area contributed by atoms with E-state index in [0.717, 1.165) is 40.7 Å². The van der Waals surface area contributed by atoms with Gasteiger partial charge in [0.25, 0.3) is 0 Å². The first-order valence-corrected chi connectivity index (χ1v) is 7.54. The second-order valence-electron chi connectivity index (χ2n) is 4.24. The zero-order chi connectivity index (χ0) is 13.8. The van der Waals surface area contributed by atoms with Crippen molar-refractivity contribution in [1.29, 1.82) is 0 Å². The fourth-order valence-electron chi connectivity index (χ4n) is 2.08. The van der Waals surface area contributed by atoms with E-state index in [-0.39, 0.29) is 6.04 Å². The second-order valence-corrected chi connectivity index (χ2v) is 5.44. The molecule has 7 heteroatoms. The summed E-state index contributed by atoms with van der Waals surface area (Å²) in [5.74, 6) is 0. The molecule has 0 aliphatic heterocycles. The van der Waals surface area contributed by atoms with E-state index in [4.69, 9.17) is 11.6 Å². The number of nitrogens with zero attached hydrogens (tertiary/aromatic N) is 4. The van der Waals surface area contributed by atoms with Crippen molar-refractivity contribution in [3.05, 3.63) is 27.5 Å². The summed E-state index contributed by atoms with van der Waals surface area (Å²) in [5, 5.41) is 12.5. The van der Waals surface area contributed by atoms with E-state index in [1.165, 1.54) is 11.5 Å². The number of aromatic nitrogens is 4. The van der Waals surface area contributed by atoms with Gasteiger partial charge in [-0.1, -0.05) is 23.0 Å². The molecule has 104 valence electrons. The summed E-state index contributed by atoms with van der Waals surface area (Å²) in [6.07, 6.45) is 3.44. The van der Waals surface area contributed by atoms with Gasteiger partial charge in [-0.15, -0.1) is 5.10 Å². The van der Waals surface area contributed by atoms with Crippen LogP contribution >= 0.6 is 23.1 Å². The lowest BCUT2D eigenvalue weighted by atomic mass is 10.1. The van der Waals surface area contributed by atoms with Crippen molar-refractivity contribution in [2.24, 2.45) is 0 Å². The van der Waals surface area contributed by atoms with Crippen LogP contribution in [0.5, 0.6) is 0 Å². The first-order chi connectivity index (χ1) is 9.21. The maximum Gasteiger partial charge on any atom is 0.0850 e. The lowest BCUT2D eigenvalue weighted by Crippen LogP contribution is -2.19. The lowest BCUT2D eigenvalue weighted by Gasteiger charge is -2.14. The third kappa shape index (κ3) is 2.96. The van der Waals surface area contributed by atoms with Crippen LogP contribution in [-0.2, 0) is 19.4 Å². The minimum absolute atomic E-state index is 0.171. The molecule has 0 spiro atoms. The highest BCUT2D eigenvalue weighted by molar-refractivity contribution is 7.05. The Morgan fingerprint density at radius 1 is 1.47 bits per heavy atom. The van der Waals surface area contributed by atoms with Crippen LogP contribution in [0.3, 0.4) is 0 Å². The van der Waals surface area contributed by atoms with Crippen LogP contribution < -0.4 is 5.32 Å². The molecule has 19 heavy (non-hydrogen) atoms. The largest absolute Gasteiger partial charge is 0.312 e. The van der Waals surface area contributed by atoms with Gasteiger partial charge < -0.3 is 5.32 Å². The van der Waals surface area contributed by atoms with Crippen molar-refractivity contribution >= 4 is 23.1 Å². The van der Waals surface area contributed by atoms with E-state index in [1.807, 2.05) is 11.7 Å². The number of nitrogens with one attached hydrogen (secondary N) is 1. The van der Waals surface area contributed by atoms with Gasteiger partial charge in [0.1, 0.15) is 0 Å². The predicted octanol–water partition coefficient (Wildman–Crippen LogP) is 2.47. The van der Waals surface area contributed by atoms with E-state index in [9.17, 15) is 0 Å². The third-order valence-corrected chi connectivity index (χ3v) is 4.37. The monoisotopic (exact) mass is 299 g/mol. The van der Waals surface area contributed by atoms with Crippen molar-refractivity contribution in [3.63, 3.8) is 0 Å². The van der Waals surface area contributed by atoms with Gasteiger partial charge in [0.05, 0.1) is 33.5 Å². The molecule has 1 N–H and O–H groups in total. The molecule has 0 bridgehead atoms. The lowest BCUT2D eigenvalue weighted by molar-refractivity contribution is 0.545. The van der Waals surface area contributed by atoms with E-state index >= 15 is 0 Å². The average Bonchev–Trinajstić information content (AvgIpc) is 3.04. The zero-order valence-electron chi connectivity index (χ0n) is 11.4. The highest BCUT2D eigenvalue weighted by Gasteiger charge is 2.20.